The van der Waals surface area contributed by atoms with Gasteiger partial charge >= 0.3 is 8.05 Å². The van der Waals surface area contributed by atoms with Crippen LogP contribution in [0.5, 0.6) is 0 Å². The van der Waals surface area contributed by atoms with E-state index in [0.29, 0.717) is 0 Å². The molecule has 53 valence electrons. The van der Waals surface area contributed by atoms with Crippen LogP contribution in [0.15, 0.2) is 0 Å². The minimum absolute atomic E-state index is 0. The van der Waals surface area contributed by atoms with Crippen LogP contribution in [0.2, 0.25) is 0 Å². The van der Waals surface area contributed by atoms with Crippen molar-refractivity contribution < 1.29 is 31.3 Å². The maximum absolute atomic E-state index is 10.1. The zero-order valence-corrected chi connectivity index (χ0v) is 5.75. The van der Waals surface area contributed by atoms with E-state index in [1.807, 2.05) is 0 Å². The summed E-state index contributed by atoms with van der Waals surface area (Å²) < 4.78 is 3.70. The number of ketones is 1. The monoisotopic (exact) mass is 175 g/mol. The summed E-state index contributed by atoms with van der Waals surface area (Å²) in [7, 11) is 4.42. The summed E-state index contributed by atoms with van der Waals surface area (Å²) in [6.07, 6.45) is -0.240. The summed E-state index contributed by atoms with van der Waals surface area (Å²) in [4.78, 5) is 20.1. The summed E-state index contributed by atoms with van der Waals surface area (Å²) in [5.41, 5.74) is 0. The molecule has 0 aromatic carbocycles. The second-order valence-corrected chi connectivity index (χ2v) is 1.37. The van der Waals surface area contributed by atoms with E-state index in [2.05, 4.69) is 12.7 Å². The molecule has 0 saturated carbocycles. The topological polar surface area (TPSA) is 43.4 Å². The third-order valence-corrected chi connectivity index (χ3v) is 0.525. The molecule has 0 fully saturated rings. The first kappa shape index (κ1) is 11.5. The number of carbonyl (C=O) groups excluding carboxylic acids is 2. The largest absolute Gasteiger partial charge is 0.543 e. The Morgan fingerprint density at radius 3 is 2.11 bits per heavy atom. The van der Waals surface area contributed by atoms with Crippen LogP contribution in [-0.4, -0.2) is 19.8 Å². The minimum atomic E-state index is -0.697. The number of hydrogen-bond acceptors (Lipinski definition) is 3. The number of carbonyl (C=O) groups is 2. The van der Waals surface area contributed by atoms with Crippen LogP contribution >= 0.6 is 0 Å². The Morgan fingerprint density at radius 2 is 2.00 bits per heavy atom. The van der Waals surface area contributed by atoms with Gasteiger partial charge in [0.05, 0.1) is 0 Å². The van der Waals surface area contributed by atoms with Gasteiger partial charge in [-0.2, -0.15) is 0 Å². The second kappa shape index (κ2) is 5.85. The quantitative estimate of drug-likeness (QED) is 0.423. The first-order valence-electron chi connectivity index (χ1n) is 2.06. The fourth-order valence-corrected chi connectivity index (χ4v) is 0.245. The van der Waals surface area contributed by atoms with E-state index in [1.54, 1.807) is 0 Å². The molecule has 0 bridgehead atoms. The normalized spacial score (nSPS) is 7.22. The van der Waals surface area contributed by atoms with Gasteiger partial charge in [-0.1, -0.05) is 0 Å². The Kier molecular flexibility index (Phi) is 7.49. The van der Waals surface area contributed by atoms with Crippen LogP contribution in [0, 0.1) is 0 Å². The van der Waals surface area contributed by atoms with E-state index in [4.69, 9.17) is 0 Å². The van der Waals surface area contributed by atoms with E-state index in [9.17, 15) is 9.59 Å². The Morgan fingerprint density at radius 1 is 1.56 bits per heavy atom. The van der Waals surface area contributed by atoms with Crippen molar-refractivity contribution in [3.8, 4) is 0 Å². The van der Waals surface area contributed by atoms with Crippen molar-refractivity contribution in [2.24, 2.45) is 0 Å². The SMILES string of the molecule is [B]OC(=O)CC(C)=O.[Cu]. The fourth-order valence-electron chi connectivity index (χ4n) is 0.245. The molecule has 0 N–H and O–H groups in total. The van der Waals surface area contributed by atoms with E-state index in [-0.39, 0.29) is 29.3 Å². The van der Waals surface area contributed by atoms with E-state index < -0.39 is 5.97 Å². The number of rotatable bonds is 2. The summed E-state index contributed by atoms with van der Waals surface area (Å²) in [5, 5.41) is 0. The van der Waals surface area contributed by atoms with Gasteiger partial charge in [0.25, 0.3) is 5.97 Å². The van der Waals surface area contributed by atoms with Crippen molar-refractivity contribution in [3.63, 3.8) is 0 Å². The fraction of sp³-hybridized carbons (Fsp3) is 0.500. The first-order chi connectivity index (χ1) is 3.66. The Labute approximate surface area is 65.1 Å². The van der Waals surface area contributed by atoms with Gasteiger partial charge in [-0.25, -0.2) is 0 Å². The standard InChI is InChI=1S/C4H5BO3.Cu/c1-3(6)2-4(7)8-5;/h2H2,1H3;. The predicted molar refractivity (Wildman–Crippen MR) is 27.1 cm³/mol. The molecule has 0 saturated heterocycles. The molecule has 5 heteroatoms. The van der Waals surface area contributed by atoms with Gasteiger partial charge in [0, 0.05) is 17.1 Å². The molecule has 0 unspecified atom stereocenters. The van der Waals surface area contributed by atoms with Crippen LogP contribution in [0.25, 0.3) is 0 Å². The van der Waals surface area contributed by atoms with Crippen LogP contribution < -0.4 is 0 Å². The van der Waals surface area contributed by atoms with Crippen LogP contribution in [0.1, 0.15) is 13.3 Å². The van der Waals surface area contributed by atoms with Gasteiger partial charge in [-0.3, -0.25) is 9.59 Å². The van der Waals surface area contributed by atoms with Crippen molar-refractivity contribution >= 4 is 19.8 Å². The van der Waals surface area contributed by atoms with Gasteiger partial charge in [-0.05, 0) is 6.92 Å². The molecular formula is C4H5BCuO3. The zero-order chi connectivity index (χ0) is 6.57. The Bertz CT molecular complexity index is 114. The molecule has 0 aromatic heterocycles. The summed E-state index contributed by atoms with van der Waals surface area (Å²) >= 11 is 0. The number of Topliss-reactive ketones (excluding diaryl/α,β-unsaturated/α-hetero) is 1. The van der Waals surface area contributed by atoms with Gasteiger partial charge in [0.1, 0.15) is 12.2 Å². The van der Waals surface area contributed by atoms with Crippen molar-refractivity contribution in [1.82, 2.24) is 0 Å². The first-order valence-corrected chi connectivity index (χ1v) is 2.06. The van der Waals surface area contributed by atoms with Crippen molar-refractivity contribution in [2.75, 3.05) is 0 Å². The zero-order valence-electron chi connectivity index (χ0n) is 4.81. The average molecular weight is 175 g/mol. The van der Waals surface area contributed by atoms with Gasteiger partial charge in [-0.15, -0.1) is 0 Å². The molecule has 9 heavy (non-hydrogen) atoms. The second-order valence-electron chi connectivity index (χ2n) is 1.37. The Hall–Kier alpha value is -0.276. The minimum Gasteiger partial charge on any atom is -0.543 e. The maximum Gasteiger partial charge on any atom is 0.378 e. The summed E-state index contributed by atoms with van der Waals surface area (Å²) in [6.45, 7) is 1.29. The van der Waals surface area contributed by atoms with Crippen molar-refractivity contribution in [2.45, 2.75) is 13.3 Å². The average Bonchev–Trinajstić information content (AvgIpc) is 1.65. The Balaban J connectivity index is 0. The molecule has 0 aliphatic carbocycles. The smallest absolute Gasteiger partial charge is 0.378 e. The van der Waals surface area contributed by atoms with Crippen LogP contribution in [0.3, 0.4) is 0 Å². The predicted octanol–water partition coefficient (Wildman–Crippen LogP) is -0.410. The van der Waals surface area contributed by atoms with Crippen LogP contribution in [-0.2, 0) is 31.3 Å². The molecule has 0 aliphatic heterocycles. The molecule has 0 aliphatic rings. The molecular weight excluding hydrogens is 170 g/mol. The van der Waals surface area contributed by atoms with Gasteiger partial charge < -0.3 is 4.65 Å². The molecule has 0 heterocycles. The molecule has 3 radical (unpaired) electrons. The van der Waals surface area contributed by atoms with E-state index >= 15 is 0 Å². The molecule has 0 spiro atoms. The third kappa shape index (κ3) is 7.72. The molecule has 0 rings (SSSR count). The molecule has 0 amide bonds. The van der Waals surface area contributed by atoms with Gasteiger partial charge in [0.15, 0.2) is 0 Å². The summed E-state index contributed by atoms with van der Waals surface area (Å²) in [5.74, 6) is -0.946. The molecule has 3 nitrogen and oxygen atoms in total. The van der Waals surface area contributed by atoms with E-state index in [0.717, 1.165) is 0 Å². The van der Waals surface area contributed by atoms with Crippen molar-refractivity contribution in [3.05, 3.63) is 0 Å². The van der Waals surface area contributed by atoms with E-state index in [1.165, 1.54) is 6.92 Å². The van der Waals surface area contributed by atoms with Crippen LogP contribution in [0.4, 0.5) is 0 Å². The van der Waals surface area contributed by atoms with Gasteiger partial charge in [0.2, 0.25) is 0 Å². The maximum atomic E-state index is 10.1. The number of hydrogen-bond donors (Lipinski definition) is 0. The third-order valence-electron chi connectivity index (χ3n) is 0.525. The molecule has 0 aromatic rings. The van der Waals surface area contributed by atoms with Crippen molar-refractivity contribution in [1.29, 1.82) is 0 Å². The molecule has 0 atom stereocenters. The summed E-state index contributed by atoms with van der Waals surface area (Å²) in [6, 6.07) is 0.